The molecule has 3 aromatic rings. The number of hydrogen-bond donors (Lipinski definition) is 2. The van der Waals surface area contributed by atoms with Crippen LogP contribution < -0.4 is 10.2 Å². The van der Waals surface area contributed by atoms with Crippen molar-refractivity contribution in [3.8, 4) is 0 Å². The molecule has 2 bridgehead atoms. The van der Waals surface area contributed by atoms with Gasteiger partial charge in [0.15, 0.2) is 5.15 Å². The highest BCUT2D eigenvalue weighted by Crippen LogP contribution is 2.47. The van der Waals surface area contributed by atoms with Gasteiger partial charge < -0.3 is 15.3 Å². The van der Waals surface area contributed by atoms with Gasteiger partial charge in [0, 0.05) is 36.5 Å². The zero-order valence-electron chi connectivity index (χ0n) is 17.2. The summed E-state index contributed by atoms with van der Waals surface area (Å²) in [5.74, 6) is 1.01. The van der Waals surface area contributed by atoms with Gasteiger partial charge in [0.25, 0.3) is 0 Å². The van der Waals surface area contributed by atoms with Gasteiger partial charge in [-0.25, -0.2) is 14.6 Å². The van der Waals surface area contributed by atoms with Gasteiger partial charge in [-0.3, -0.25) is 0 Å². The quantitative estimate of drug-likeness (QED) is 0.583. The molecule has 3 heterocycles. The molecule has 1 aromatic carbocycles. The average molecular weight is 459 g/mol. The summed E-state index contributed by atoms with van der Waals surface area (Å²) in [5, 5.41) is 20.5. The molecule has 3 fully saturated rings. The van der Waals surface area contributed by atoms with Gasteiger partial charge in [0.1, 0.15) is 0 Å². The second kappa shape index (κ2) is 6.95. The Balaban J connectivity index is 1.30. The first-order valence-electron chi connectivity index (χ1n) is 10.8. The fraction of sp³-hybridized carbons (Fsp3) is 0.500. The van der Waals surface area contributed by atoms with Gasteiger partial charge in [-0.15, -0.1) is 0 Å². The Hall–Kier alpha value is -2.09. The van der Waals surface area contributed by atoms with Crippen molar-refractivity contribution < 1.29 is 5.11 Å². The van der Waals surface area contributed by atoms with E-state index in [4.69, 9.17) is 28.2 Å². The number of anilines is 3. The van der Waals surface area contributed by atoms with E-state index in [1.54, 1.807) is 12.4 Å². The van der Waals surface area contributed by atoms with Crippen LogP contribution in [0.3, 0.4) is 0 Å². The predicted octanol–water partition coefficient (Wildman–Crippen LogP) is 4.81. The van der Waals surface area contributed by atoms with Gasteiger partial charge in [-0.1, -0.05) is 23.2 Å². The van der Waals surface area contributed by atoms with Gasteiger partial charge >= 0.3 is 0 Å². The Morgan fingerprint density at radius 3 is 2.55 bits per heavy atom. The second-order valence-electron chi connectivity index (χ2n) is 9.31. The zero-order chi connectivity index (χ0) is 21.3. The number of fused-ring (bicyclic) bond motifs is 3. The minimum absolute atomic E-state index is 0.269. The number of aliphatic hydroxyl groups is 1. The highest BCUT2D eigenvalue weighted by atomic mass is 35.5. The molecule has 1 saturated heterocycles. The Kier molecular flexibility index (Phi) is 4.39. The largest absolute Gasteiger partial charge is 0.389 e. The summed E-state index contributed by atoms with van der Waals surface area (Å²) in [6.45, 7) is 3.60. The van der Waals surface area contributed by atoms with Crippen LogP contribution in [0.4, 0.5) is 17.3 Å². The molecule has 2 aliphatic carbocycles. The third kappa shape index (κ3) is 3.25. The number of hydrogen-bond acceptors (Lipinski definition) is 6. The van der Waals surface area contributed by atoms with Crippen LogP contribution in [0, 0.1) is 11.8 Å². The smallest absolute Gasteiger partial charge is 0.227 e. The van der Waals surface area contributed by atoms with Crippen molar-refractivity contribution in [3.05, 3.63) is 34.7 Å². The summed E-state index contributed by atoms with van der Waals surface area (Å²) in [6, 6.07) is 4.35. The first-order valence-corrected chi connectivity index (χ1v) is 11.6. The number of nitrogens with one attached hydrogen (secondary N) is 1. The second-order valence-corrected chi connectivity index (χ2v) is 10.1. The van der Waals surface area contributed by atoms with Gasteiger partial charge in [-0.2, -0.15) is 5.10 Å². The number of piperidine rings is 1. The molecule has 2 N–H and O–H groups in total. The van der Waals surface area contributed by atoms with Crippen LogP contribution in [0.15, 0.2) is 24.5 Å². The molecule has 1 unspecified atom stereocenters. The predicted molar refractivity (Wildman–Crippen MR) is 122 cm³/mol. The Bertz CT molecular complexity index is 1160. The first kappa shape index (κ1) is 19.6. The molecule has 2 aromatic heterocycles. The molecule has 9 heteroatoms. The van der Waals surface area contributed by atoms with E-state index in [1.165, 1.54) is 0 Å². The standard InChI is InChI=1S/C22H24Cl2N6O/c1-22(31)13-2-3-14(22)11-29(10-13)19-7-17-12(6-16(19)23)8-25-21(27-17)28-18-9-26-30(20(18)24)15-4-5-15/h6-9,13-15,31H,2-5,10-11H2,1H3,(H,25,27,28)/t13-,14+,22?. The fourth-order valence-electron chi connectivity index (χ4n) is 5.14. The number of benzene rings is 1. The van der Waals surface area contributed by atoms with E-state index >= 15 is 0 Å². The molecular weight excluding hydrogens is 435 g/mol. The summed E-state index contributed by atoms with van der Waals surface area (Å²) in [7, 11) is 0. The number of rotatable bonds is 4. The van der Waals surface area contributed by atoms with Crippen LogP contribution in [0.25, 0.3) is 10.9 Å². The molecule has 31 heavy (non-hydrogen) atoms. The molecule has 0 amide bonds. The fourth-order valence-corrected chi connectivity index (χ4v) is 5.71. The maximum Gasteiger partial charge on any atom is 0.227 e. The SMILES string of the molecule is CC1(O)[C@@H]2CC[C@H]1CN(c1cc3nc(Nc4cnn(C5CC5)c4Cl)ncc3cc1Cl)C2. The van der Waals surface area contributed by atoms with Gasteiger partial charge in [0.05, 0.1) is 39.8 Å². The van der Waals surface area contributed by atoms with E-state index in [0.717, 1.165) is 55.4 Å². The molecule has 1 aliphatic heterocycles. The lowest BCUT2D eigenvalue weighted by Gasteiger charge is -2.43. The van der Waals surface area contributed by atoms with Gasteiger partial charge in [-0.05, 0) is 44.7 Å². The lowest BCUT2D eigenvalue weighted by atomic mass is 9.82. The Morgan fingerprint density at radius 2 is 1.84 bits per heavy atom. The molecule has 0 radical (unpaired) electrons. The van der Waals surface area contributed by atoms with E-state index in [0.29, 0.717) is 27.9 Å². The normalized spacial score (nSPS) is 27.8. The van der Waals surface area contributed by atoms with Crippen LogP contribution in [0.5, 0.6) is 0 Å². The van der Waals surface area contributed by atoms with Crippen molar-refractivity contribution in [2.75, 3.05) is 23.3 Å². The van der Waals surface area contributed by atoms with Crippen LogP contribution in [0.1, 0.15) is 38.6 Å². The van der Waals surface area contributed by atoms with E-state index < -0.39 is 5.60 Å². The number of halogens is 2. The molecule has 7 nitrogen and oxygen atoms in total. The zero-order valence-corrected chi connectivity index (χ0v) is 18.7. The average Bonchev–Trinajstić information content (AvgIpc) is 3.50. The number of aromatic nitrogens is 4. The Morgan fingerprint density at radius 1 is 1.10 bits per heavy atom. The van der Waals surface area contributed by atoms with Gasteiger partial charge in [0.2, 0.25) is 5.95 Å². The molecule has 0 spiro atoms. The molecule has 3 aliphatic rings. The van der Waals surface area contributed by atoms with Crippen molar-refractivity contribution in [2.45, 2.75) is 44.2 Å². The van der Waals surface area contributed by atoms with Crippen molar-refractivity contribution >= 4 is 51.4 Å². The molecule has 162 valence electrons. The highest BCUT2D eigenvalue weighted by Gasteiger charge is 2.50. The number of nitrogens with zero attached hydrogens (tertiary/aromatic N) is 5. The maximum absolute atomic E-state index is 10.8. The monoisotopic (exact) mass is 458 g/mol. The van der Waals surface area contributed by atoms with E-state index in [1.807, 2.05) is 23.7 Å². The lowest BCUT2D eigenvalue weighted by Crippen LogP contribution is -2.52. The minimum Gasteiger partial charge on any atom is -0.389 e. The lowest BCUT2D eigenvalue weighted by molar-refractivity contribution is -0.0271. The molecule has 2 saturated carbocycles. The van der Waals surface area contributed by atoms with Crippen molar-refractivity contribution in [1.29, 1.82) is 0 Å². The summed E-state index contributed by atoms with van der Waals surface area (Å²) in [4.78, 5) is 11.4. The molecule has 6 rings (SSSR count). The minimum atomic E-state index is -0.580. The third-order valence-electron chi connectivity index (χ3n) is 7.26. The first-order chi connectivity index (χ1) is 14.9. The van der Waals surface area contributed by atoms with E-state index in [2.05, 4.69) is 20.3 Å². The van der Waals surface area contributed by atoms with E-state index in [9.17, 15) is 5.11 Å². The van der Waals surface area contributed by atoms with Crippen LogP contribution in [-0.4, -0.2) is 43.5 Å². The maximum atomic E-state index is 10.8. The summed E-state index contributed by atoms with van der Waals surface area (Å²) >= 11 is 13.1. The van der Waals surface area contributed by atoms with E-state index in [-0.39, 0.29) is 11.8 Å². The van der Waals surface area contributed by atoms with Crippen LogP contribution in [-0.2, 0) is 0 Å². The van der Waals surface area contributed by atoms with Crippen molar-refractivity contribution in [1.82, 2.24) is 19.7 Å². The molecular formula is C22H24Cl2N6O. The molecule has 3 atom stereocenters. The Labute approximate surface area is 190 Å². The van der Waals surface area contributed by atoms with Crippen LogP contribution >= 0.6 is 23.2 Å². The van der Waals surface area contributed by atoms with Crippen LogP contribution in [0.2, 0.25) is 10.2 Å². The van der Waals surface area contributed by atoms with Crippen molar-refractivity contribution in [3.63, 3.8) is 0 Å². The summed E-state index contributed by atoms with van der Waals surface area (Å²) in [5.41, 5.74) is 1.90. The highest BCUT2D eigenvalue weighted by molar-refractivity contribution is 6.34. The van der Waals surface area contributed by atoms with Crippen molar-refractivity contribution in [2.24, 2.45) is 11.8 Å². The third-order valence-corrected chi connectivity index (χ3v) is 7.94. The summed E-state index contributed by atoms with van der Waals surface area (Å²) < 4.78 is 1.85. The summed E-state index contributed by atoms with van der Waals surface area (Å²) in [6.07, 6.45) is 7.84. The topological polar surface area (TPSA) is 79.1 Å².